The van der Waals surface area contributed by atoms with E-state index in [0.717, 1.165) is 0 Å². The molecular formula is C18Fe7N18. The second kappa shape index (κ2) is 1490. The van der Waals surface area contributed by atoms with Gasteiger partial charge in [0.05, 0.1) is 0 Å². The first-order valence-electron chi connectivity index (χ1n) is 4.02. The fourth-order valence-electron chi connectivity index (χ4n) is 0. The Balaban J connectivity index is -0.00000000344. The van der Waals surface area contributed by atoms with Gasteiger partial charge in [0.15, 0.2) is 0 Å². The van der Waals surface area contributed by atoms with Gasteiger partial charge < -0.3 is 213 Å². The van der Waals surface area contributed by atoms with Crippen LogP contribution in [0.15, 0.2) is 0 Å². The molecule has 0 aliphatic heterocycles. The van der Waals surface area contributed by atoms with Crippen molar-refractivity contribution in [3.63, 3.8) is 0 Å². The van der Waals surface area contributed by atoms with Crippen LogP contribution in [0.4, 0.5) is 0 Å². The zero-order chi connectivity index (χ0) is 36.0. The average Bonchev–Trinajstić information content (AvgIpc) is 3.13. The Hall–Kier alpha value is -5.54. The van der Waals surface area contributed by atoms with E-state index < -0.39 is 0 Å². The van der Waals surface area contributed by atoms with Gasteiger partial charge in [-0.25, -0.2) is 0 Å². The summed E-state index contributed by atoms with van der Waals surface area (Å²) in [6.45, 7) is 85.5. The van der Waals surface area contributed by atoms with Crippen molar-refractivity contribution in [3.8, 4) is 0 Å². The molecule has 0 aliphatic carbocycles. The molecule has 0 aliphatic rings. The van der Waals surface area contributed by atoms with Crippen LogP contribution in [0.5, 0.6) is 0 Å². The molecule has 0 fully saturated rings. The molecular weight excluding hydrogens is 859 g/mol. The van der Waals surface area contributed by atoms with E-state index in [1.165, 1.54) is 0 Å². The van der Waals surface area contributed by atoms with E-state index >= 15 is 0 Å². The Morgan fingerprint density at radius 1 is 0.116 bits per heavy atom. The van der Waals surface area contributed by atoms with Crippen molar-refractivity contribution in [2.24, 2.45) is 0 Å². The number of hydrogen-bond acceptors (Lipinski definition) is 18. The standard InChI is InChI=1S/18CN.7Fe/c18*1-2;;;;;;;/q18*-1;;;;;3*+6. The first kappa shape index (κ1) is 321. The van der Waals surface area contributed by atoms with Crippen molar-refractivity contribution in [2.45, 2.75) is 0 Å². The van der Waals surface area contributed by atoms with Crippen molar-refractivity contribution in [1.82, 2.24) is 0 Å². The summed E-state index contributed by atoms with van der Waals surface area (Å²) in [5.41, 5.74) is 0. The van der Waals surface area contributed by atoms with Gasteiger partial charge in [0.1, 0.15) is 0 Å². The second-order valence-electron chi connectivity index (χ2n) is 0. The van der Waals surface area contributed by atoms with Gasteiger partial charge in [-0.1, -0.05) is 0 Å². The normalized spacial score (nSPS) is 0.837. The Morgan fingerprint density at radius 3 is 0.116 bits per heavy atom. The average molecular weight is 859 g/mol. The molecule has 0 rings (SSSR count). The Bertz CT molecular complexity index is 374. The minimum absolute atomic E-state index is 0. The molecule has 218 valence electrons. The minimum atomic E-state index is 0. The number of nitrogens with zero attached hydrogens (tertiary/aromatic N) is 18. The molecule has 25 heteroatoms. The molecule has 43 heavy (non-hydrogen) atoms. The largest absolute Gasteiger partial charge is 6.00 e. The van der Waals surface area contributed by atoms with Gasteiger partial charge in [-0.3, -0.25) is 0 Å². The van der Waals surface area contributed by atoms with Crippen LogP contribution in [0.25, 0.3) is 0 Å². The molecule has 0 amide bonds. The van der Waals surface area contributed by atoms with Crippen LogP contribution in [-0.2, 0) is 119 Å². The van der Waals surface area contributed by atoms with Crippen molar-refractivity contribution in [3.05, 3.63) is 118 Å². The van der Waals surface area contributed by atoms with Gasteiger partial charge in [-0.05, 0) is 0 Å². The summed E-state index contributed by atoms with van der Waals surface area (Å²) in [4.78, 5) is 0. The van der Waals surface area contributed by atoms with Gasteiger partial charge in [0.2, 0.25) is 0 Å². The van der Waals surface area contributed by atoms with Gasteiger partial charge in [0, 0.05) is 68.3 Å². The molecule has 0 aromatic rings. The molecule has 0 radical (unpaired) electrons. The summed E-state index contributed by atoms with van der Waals surface area (Å²) >= 11 is 0. The number of hydrogen-bond donors (Lipinski definition) is 0. The maximum Gasteiger partial charge on any atom is 6.00 e. The maximum absolute atomic E-state index is 6.25. The Morgan fingerprint density at radius 2 is 0.116 bits per heavy atom. The van der Waals surface area contributed by atoms with E-state index in [1.807, 2.05) is 0 Å². The molecule has 0 saturated carbocycles. The van der Waals surface area contributed by atoms with Gasteiger partial charge in [-0.2, -0.15) is 0 Å². The Labute approximate surface area is 329 Å². The third kappa shape index (κ3) is 1410. The molecule has 0 heterocycles. The SMILES string of the molecule is [C-]#N.[C-]#N.[C-]#N.[C-]#N.[C-]#N.[C-]#N.[C-]#N.[C-]#N.[C-]#N.[C-]#N.[C-]#N.[C-]#N.[C-]#N.[C-]#N.[C-]#N.[C-]#N.[C-]#N.[C-]#N.[Fe+6].[Fe+6].[Fe+6].[Fe].[Fe].[Fe].[Fe]. The van der Waals surface area contributed by atoms with Crippen LogP contribution in [0.3, 0.4) is 0 Å². The third-order valence-electron chi connectivity index (χ3n) is 0. The van der Waals surface area contributed by atoms with Crippen molar-refractivity contribution >= 4 is 0 Å². The molecule has 0 N–H and O–H groups in total. The summed E-state index contributed by atoms with van der Waals surface area (Å²) in [6.07, 6.45) is 0. The molecule has 0 saturated heterocycles. The van der Waals surface area contributed by atoms with Crippen LogP contribution in [0.1, 0.15) is 0 Å². The summed E-state index contributed by atoms with van der Waals surface area (Å²) < 4.78 is 0. The van der Waals surface area contributed by atoms with E-state index in [9.17, 15) is 0 Å². The summed E-state index contributed by atoms with van der Waals surface area (Å²) in [5.74, 6) is 0. The molecule has 0 bridgehead atoms. The van der Waals surface area contributed by atoms with E-state index in [4.69, 9.17) is 213 Å². The van der Waals surface area contributed by atoms with E-state index in [-0.39, 0.29) is 119 Å². The monoisotopic (exact) mass is 860 g/mol. The fraction of sp³-hybridized carbons (Fsp3) is 0. The van der Waals surface area contributed by atoms with Crippen molar-refractivity contribution < 1.29 is 119 Å². The first-order valence-corrected chi connectivity index (χ1v) is 4.02. The van der Waals surface area contributed by atoms with Gasteiger partial charge in [-0.15, -0.1) is 0 Å². The van der Waals surface area contributed by atoms with Crippen LogP contribution >= 0.6 is 0 Å². The van der Waals surface area contributed by atoms with E-state index in [2.05, 4.69) is 0 Å². The first-order chi connectivity index (χ1) is 18.0. The minimum Gasteiger partial charge on any atom is -0.512 e. The predicted octanol–water partition coefficient (Wildman–Crippen LogP) is 1.72. The van der Waals surface area contributed by atoms with Crippen LogP contribution in [-0.4, -0.2) is 0 Å². The predicted molar refractivity (Wildman–Crippen MR) is 89.4 cm³/mol. The van der Waals surface area contributed by atoms with E-state index in [1.54, 1.807) is 0 Å². The smallest absolute Gasteiger partial charge is 0.512 e. The molecule has 0 atom stereocenters. The molecule has 0 aromatic heterocycles. The molecule has 18 nitrogen and oxygen atoms in total. The van der Waals surface area contributed by atoms with Crippen molar-refractivity contribution in [1.29, 1.82) is 94.7 Å². The van der Waals surface area contributed by atoms with Crippen LogP contribution < -0.4 is 0 Å². The summed E-state index contributed by atoms with van der Waals surface area (Å²) in [6, 6.07) is 0. The summed E-state index contributed by atoms with van der Waals surface area (Å²) in [7, 11) is 0. The van der Waals surface area contributed by atoms with Crippen LogP contribution in [0, 0.1) is 213 Å². The molecule has 0 unspecified atom stereocenters. The summed E-state index contributed by atoms with van der Waals surface area (Å²) in [5, 5.41) is 112. The van der Waals surface area contributed by atoms with Crippen LogP contribution in [0.2, 0.25) is 0 Å². The Kier molecular flexibility index (Phi) is 11100. The quantitative estimate of drug-likeness (QED) is 0.247. The third-order valence-corrected chi connectivity index (χ3v) is 0. The van der Waals surface area contributed by atoms with Gasteiger partial charge >= 0.3 is 51.2 Å². The molecule has 0 spiro atoms. The topological polar surface area (TPSA) is 428 Å². The maximum atomic E-state index is 6.25. The zero-order valence-corrected chi connectivity index (χ0v) is 27.3. The fourth-order valence-corrected chi connectivity index (χ4v) is 0. The van der Waals surface area contributed by atoms with Crippen molar-refractivity contribution in [2.75, 3.05) is 0 Å². The molecule has 0 aromatic carbocycles. The van der Waals surface area contributed by atoms with E-state index in [0.29, 0.717) is 0 Å². The zero-order valence-electron chi connectivity index (χ0n) is 19.5. The number of rotatable bonds is 0. The second-order valence-corrected chi connectivity index (χ2v) is 0. The van der Waals surface area contributed by atoms with Gasteiger partial charge in [0.25, 0.3) is 0 Å².